The molecule has 0 aliphatic carbocycles. The first-order valence-electron chi connectivity index (χ1n) is 6.64. The zero-order valence-corrected chi connectivity index (χ0v) is 12.8. The third-order valence-electron chi connectivity index (χ3n) is 4.06. The minimum absolute atomic E-state index is 0.123. The first kappa shape index (κ1) is 14.0. The van der Waals surface area contributed by atoms with Gasteiger partial charge in [0.2, 0.25) is 0 Å². The van der Waals surface area contributed by atoms with Crippen molar-refractivity contribution in [2.75, 3.05) is 13.2 Å². The van der Waals surface area contributed by atoms with E-state index in [2.05, 4.69) is 11.9 Å². The highest BCUT2D eigenvalue weighted by Crippen LogP contribution is 2.33. The van der Waals surface area contributed by atoms with Gasteiger partial charge in [0.1, 0.15) is 5.82 Å². The molecule has 0 spiro atoms. The molecule has 0 atom stereocenters. The lowest BCUT2D eigenvalue weighted by Crippen LogP contribution is -2.31. The van der Waals surface area contributed by atoms with Crippen molar-refractivity contribution in [3.8, 4) is 0 Å². The van der Waals surface area contributed by atoms with Crippen LogP contribution < -0.4 is 0 Å². The molecule has 0 saturated carbocycles. The number of benzene rings is 1. The summed E-state index contributed by atoms with van der Waals surface area (Å²) < 4.78 is 21.6. The molecule has 0 amide bonds. The Morgan fingerprint density at radius 3 is 2.85 bits per heavy atom. The molecule has 108 valence electrons. The van der Waals surface area contributed by atoms with Crippen molar-refractivity contribution in [1.29, 1.82) is 0 Å². The fourth-order valence-electron chi connectivity index (χ4n) is 2.71. The number of imidazole rings is 1. The van der Waals surface area contributed by atoms with Crippen LogP contribution >= 0.6 is 23.8 Å². The first-order valence-corrected chi connectivity index (χ1v) is 7.42. The van der Waals surface area contributed by atoms with Crippen LogP contribution in [0.2, 0.25) is 5.02 Å². The molecule has 3 nitrogen and oxygen atoms in total. The van der Waals surface area contributed by atoms with E-state index in [1.165, 1.54) is 6.07 Å². The molecule has 1 saturated heterocycles. The number of fused-ring (bicyclic) bond motifs is 1. The molecular formula is C14H16ClFN2OS. The van der Waals surface area contributed by atoms with Crippen LogP contribution in [0.25, 0.3) is 11.0 Å². The Kier molecular flexibility index (Phi) is 3.60. The molecule has 2 aromatic rings. The standard InChI is InChI=1S/C14H16ClFN2OS/c1-14(2-4-19-5-3-14)8-18-12-6-9(15)10(16)7-11(12)17-13(18)20/h6-7H,2-5,8H2,1H3,(H,17,20). The number of nitrogens with zero attached hydrogens (tertiary/aromatic N) is 1. The number of hydrogen-bond donors (Lipinski definition) is 1. The van der Waals surface area contributed by atoms with Crippen molar-refractivity contribution >= 4 is 34.9 Å². The monoisotopic (exact) mass is 314 g/mol. The van der Waals surface area contributed by atoms with Crippen LogP contribution in [0.5, 0.6) is 0 Å². The van der Waals surface area contributed by atoms with Gasteiger partial charge in [-0.2, -0.15) is 0 Å². The lowest BCUT2D eigenvalue weighted by molar-refractivity contribution is 0.0159. The van der Waals surface area contributed by atoms with Crippen LogP contribution in [-0.4, -0.2) is 22.8 Å². The van der Waals surface area contributed by atoms with Crippen molar-refractivity contribution < 1.29 is 9.13 Å². The predicted octanol–water partition coefficient (Wildman–Crippen LogP) is 4.31. The maximum absolute atomic E-state index is 13.5. The summed E-state index contributed by atoms with van der Waals surface area (Å²) in [5, 5.41) is 0.123. The smallest absolute Gasteiger partial charge is 0.178 e. The Morgan fingerprint density at radius 2 is 2.15 bits per heavy atom. The Bertz CT molecular complexity index is 703. The fourth-order valence-corrected chi connectivity index (χ4v) is 3.14. The summed E-state index contributed by atoms with van der Waals surface area (Å²) in [6, 6.07) is 3.04. The second-order valence-electron chi connectivity index (χ2n) is 5.72. The second kappa shape index (κ2) is 5.13. The van der Waals surface area contributed by atoms with Gasteiger partial charge in [0.15, 0.2) is 4.77 Å². The van der Waals surface area contributed by atoms with Crippen molar-refractivity contribution in [2.45, 2.75) is 26.3 Å². The topological polar surface area (TPSA) is 29.9 Å². The van der Waals surface area contributed by atoms with Crippen LogP contribution in [0, 0.1) is 16.0 Å². The van der Waals surface area contributed by atoms with Crippen molar-refractivity contribution in [1.82, 2.24) is 9.55 Å². The van der Waals surface area contributed by atoms with Crippen LogP contribution in [0.4, 0.5) is 4.39 Å². The molecule has 0 radical (unpaired) electrons. The first-order chi connectivity index (χ1) is 9.48. The molecule has 6 heteroatoms. The van der Waals surface area contributed by atoms with Crippen LogP contribution in [0.15, 0.2) is 12.1 Å². The Balaban J connectivity index is 2.04. The van der Waals surface area contributed by atoms with Gasteiger partial charge in [-0.1, -0.05) is 18.5 Å². The second-order valence-corrected chi connectivity index (χ2v) is 6.52. The van der Waals surface area contributed by atoms with E-state index in [4.69, 9.17) is 28.6 Å². The van der Waals surface area contributed by atoms with E-state index >= 15 is 0 Å². The maximum Gasteiger partial charge on any atom is 0.178 e. The van der Waals surface area contributed by atoms with E-state index in [0.717, 1.165) is 38.1 Å². The molecule has 0 unspecified atom stereocenters. The molecule has 1 fully saturated rings. The van der Waals surface area contributed by atoms with Gasteiger partial charge in [0.25, 0.3) is 0 Å². The minimum Gasteiger partial charge on any atom is -0.381 e. The van der Waals surface area contributed by atoms with Crippen molar-refractivity contribution in [3.63, 3.8) is 0 Å². The highest BCUT2D eigenvalue weighted by atomic mass is 35.5. The van der Waals surface area contributed by atoms with E-state index in [1.54, 1.807) is 6.07 Å². The number of aromatic nitrogens is 2. The quantitative estimate of drug-likeness (QED) is 0.837. The normalized spacial score (nSPS) is 18.6. The zero-order valence-electron chi connectivity index (χ0n) is 11.2. The molecule has 1 aromatic carbocycles. The van der Waals surface area contributed by atoms with Gasteiger partial charge < -0.3 is 14.3 Å². The van der Waals surface area contributed by atoms with Crippen LogP contribution in [0.3, 0.4) is 0 Å². The molecule has 1 aliphatic heterocycles. The van der Waals surface area contributed by atoms with E-state index in [1.807, 2.05) is 4.57 Å². The molecular weight excluding hydrogens is 299 g/mol. The highest BCUT2D eigenvalue weighted by Gasteiger charge is 2.28. The summed E-state index contributed by atoms with van der Waals surface area (Å²) >= 11 is 11.3. The van der Waals surface area contributed by atoms with E-state index in [0.29, 0.717) is 10.3 Å². The van der Waals surface area contributed by atoms with Crippen molar-refractivity contribution in [2.24, 2.45) is 5.41 Å². The van der Waals surface area contributed by atoms with Gasteiger partial charge in [-0.15, -0.1) is 0 Å². The fraction of sp³-hybridized carbons (Fsp3) is 0.500. The Morgan fingerprint density at radius 1 is 1.45 bits per heavy atom. The van der Waals surface area contributed by atoms with E-state index in [9.17, 15) is 4.39 Å². The number of rotatable bonds is 2. The number of hydrogen-bond acceptors (Lipinski definition) is 2. The number of H-pyrrole nitrogens is 1. The van der Waals surface area contributed by atoms with Gasteiger partial charge in [0, 0.05) is 25.8 Å². The Hall–Kier alpha value is -0.910. The van der Waals surface area contributed by atoms with Gasteiger partial charge >= 0.3 is 0 Å². The molecule has 1 aromatic heterocycles. The average molecular weight is 315 g/mol. The summed E-state index contributed by atoms with van der Waals surface area (Å²) in [5.41, 5.74) is 1.69. The average Bonchev–Trinajstić information content (AvgIpc) is 2.67. The summed E-state index contributed by atoms with van der Waals surface area (Å²) in [7, 11) is 0. The SMILES string of the molecule is CC1(Cn2c(=S)[nH]c3cc(F)c(Cl)cc32)CCOCC1. The highest BCUT2D eigenvalue weighted by molar-refractivity contribution is 7.71. The molecule has 20 heavy (non-hydrogen) atoms. The van der Waals surface area contributed by atoms with E-state index < -0.39 is 5.82 Å². The molecule has 0 bridgehead atoms. The lowest BCUT2D eigenvalue weighted by atomic mass is 9.82. The largest absolute Gasteiger partial charge is 0.381 e. The Labute approximate surface area is 126 Å². The van der Waals surface area contributed by atoms with Gasteiger partial charge in [0.05, 0.1) is 16.1 Å². The van der Waals surface area contributed by atoms with Crippen molar-refractivity contribution in [3.05, 3.63) is 27.7 Å². The van der Waals surface area contributed by atoms with Gasteiger partial charge in [-0.25, -0.2) is 4.39 Å². The van der Waals surface area contributed by atoms with Crippen LogP contribution in [-0.2, 0) is 11.3 Å². The number of nitrogens with one attached hydrogen (secondary N) is 1. The minimum atomic E-state index is -0.431. The number of halogens is 2. The van der Waals surface area contributed by atoms with E-state index in [-0.39, 0.29) is 10.4 Å². The summed E-state index contributed by atoms with van der Waals surface area (Å²) in [5.74, 6) is -0.431. The number of ether oxygens (including phenoxy) is 1. The summed E-state index contributed by atoms with van der Waals surface area (Å²) in [6.07, 6.45) is 1.99. The molecule has 1 N–H and O–H groups in total. The van der Waals surface area contributed by atoms with Gasteiger partial charge in [-0.3, -0.25) is 0 Å². The maximum atomic E-state index is 13.5. The third kappa shape index (κ3) is 2.50. The molecule has 1 aliphatic rings. The zero-order chi connectivity index (χ0) is 14.3. The lowest BCUT2D eigenvalue weighted by Gasteiger charge is -2.33. The van der Waals surface area contributed by atoms with Gasteiger partial charge in [-0.05, 0) is 36.5 Å². The predicted molar refractivity (Wildman–Crippen MR) is 80.3 cm³/mol. The molecule has 3 rings (SSSR count). The van der Waals surface area contributed by atoms with Crippen LogP contribution in [0.1, 0.15) is 19.8 Å². The molecule has 2 heterocycles. The summed E-state index contributed by atoms with van der Waals surface area (Å²) in [6.45, 7) is 4.58. The third-order valence-corrected chi connectivity index (χ3v) is 4.67. The summed E-state index contributed by atoms with van der Waals surface area (Å²) in [4.78, 5) is 3.05. The number of aromatic amines is 1.